The van der Waals surface area contributed by atoms with Crippen LogP contribution in [0.1, 0.15) is 82.9 Å². The fourth-order valence-corrected chi connectivity index (χ4v) is 61.9. The Morgan fingerprint density at radius 2 is 0.865 bits per heavy atom. The first-order valence-corrected chi connectivity index (χ1v) is 33.5. The number of hydrogen-bond acceptors (Lipinski definition) is 0. The molecule has 6 aromatic carbocycles. The Morgan fingerprint density at radius 3 is 1.29 bits per heavy atom. The van der Waals surface area contributed by atoms with E-state index in [1.165, 1.54) is 88.9 Å². The van der Waals surface area contributed by atoms with Gasteiger partial charge in [0.15, 0.2) is 0 Å². The van der Waals surface area contributed by atoms with E-state index in [4.69, 9.17) is 0 Å². The summed E-state index contributed by atoms with van der Waals surface area (Å²) in [4.78, 5) is 0. The Morgan fingerprint density at radius 1 is 0.481 bits per heavy atom. The van der Waals surface area contributed by atoms with Gasteiger partial charge >= 0.3 is 317 Å². The van der Waals surface area contributed by atoms with Crippen molar-refractivity contribution in [3.8, 4) is 22.3 Å². The van der Waals surface area contributed by atoms with Crippen molar-refractivity contribution in [2.45, 2.75) is 82.0 Å². The molecule has 2 unspecified atom stereocenters. The van der Waals surface area contributed by atoms with Crippen LogP contribution in [-0.2, 0) is 17.9 Å². The SMILES string of the molecule is CCC[CH2][Zr]([CH2]CCC)([CH]1C(C)=Cc2c(-c3cccc4ccccc34)cccc21)([CH]1C(C)=Cc2c(-c3cccc4ccccc34)cccc21)[SiH](C)C. The molecule has 263 valence electrons. The second-order valence-electron chi connectivity index (χ2n) is 16.6. The number of hydrogen-bond donors (Lipinski definition) is 0. The molecule has 0 saturated carbocycles. The van der Waals surface area contributed by atoms with Gasteiger partial charge in [0.25, 0.3) is 0 Å². The molecule has 0 saturated heterocycles. The van der Waals surface area contributed by atoms with Crippen LogP contribution in [-0.4, -0.2) is 5.92 Å². The Hall–Kier alpha value is -3.58. The van der Waals surface area contributed by atoms with Crippen LogP contribution in [0.5, 0.6) is 0 Å². The second-order valence-corrected chi connectivity index (χ2v) is 51.3. The third kappa shape index (κ3) is 5.30. The standard InChI is InChI=1S/2C20H15.2C4H9.C2H7Si.Zr/c2*1-14-12-16-8-5-11-19(20(16)13-14)18-10-4-7-15-6-2-3-9-17(15)18;2*1-3-4-2;1-3-2;/h2*2-13H,1H3;2*1,3-4H2,2H3;3H,1-2H3;. The molecule has 0 N–H and O–H groups in total. The van der Waals surface area contributed by atoms with E-state index in [1.54, 1.807) is 22.3 Å². The average molecular weight is 775 g/mol. The minimum absolute atomic E-state index is 0.580. The quantitative estimate of drug-likeness (QED) is 0.115. The predicted molar refractivity (Wildman–Crippen MR) is 230 cm³/mol. The molecular formula is C50H55SiZr. The summed E-state index contributed by atoms with van der Waals surface area (Å²) in [5.74, 6) is -1.25. The summed E-state index contributed by atoms with van der Waals surface area (Å²) in [7, 11) is 0. The zero-order valence-electron chi connectivity index (χ0n) is 32.2. The Balaban J connectivity index is 1.40. The number of allylic oxidation sites excluding steroid dienone is 2. The third-order valence-electron chi connectivity index (χ3n) is 14.0. The molecule has 0 nitrogen and oxygen atoms in total. The van der Waals surface area contributed by atoms with Gasteiger partial charge < -0.3 is 0 Å². The van der Waals surface area contributed by atoms with Gasteiger partial charge in [-0.05, 0) is 0 Å². The molecule has 2 aliphatic carbocycles. The number of unbranched alkanes of at least 4 members (excludes halogenated alkanes) is 2. The van der Waals surface area contributed by atoms with Gasteiger partial charge in [-0.1, -0.05) is 0 Å². The molecule has 2 atom stereocenters. The van der Waals surface area contributed by atoms with E-state index < -0.39 is 23.9 Å². The molecule has 0 radical (unpaired) electrons. The number of benzene rings is 6. The molecule has 0 fully saturated rings. The van der Waals surface area contributed by atoms with Crippen molar-refractivity contribution in [1.82, 2.24) is 0 Å². The second kappa shape index (κ2) is 14.0. The molecule has 0 aliphatic heterocycles. The molecule has 0 spiro atoms. The zero-order valence-corrected chi connectivity index (χ0v) is 35.8. The normalized spacial score (nSPS) is 17.6. The van der Waals surface area contributed by atoms with E-state index >= 15 is 0 Å². The Bertz CT molecular complexity index is 2200. The summed E-state index contributed by atoms with van der Waals surface area (Å²) in [6.07, 6.45) is 10.6. The Kier molecular flexibility index (Phi) is 9.55. The van der Waals surface area contributed by atoms with Crippen LogP contribution in [0.4, 0.5) is 0 Å². The molecule has 2 aliphatic rings. The molecule has 8 rings (SSSR count). The summed E-state index contributed by atoms with van der Waals surface area (Å²) >= 11 is -4.01. The van der Waals surface area contributed by atoms with Crippen LogP contribution >= 0.6 is 0 Å². The number of fused-ring (bicyclic) bond motifs is 4. The van der Waals surface area contributed by atoms with Gasteiger partial charge in [-0.15, -0.1) is 0 Å². The molecular weight excluding hydrogens is 720 g/mol. The molecule has 0 aromatic heterocycles. The van der Waals surface area contributed by atoms with Crippen LogP contribution in [0.2, 0.25) is 21.4 Å². The van der Waals surface area contributed by atoms with E-state index in [0.717, 1.165) is 0 Å². The first-order valence-electron chi connectivity index (χ1n) is 20.1. The number of rotatable bonds is 11. The zero-order chi connectivity index (χ0) is 36.1. The molecule has 0 amide bonds. The molecule has 52 heavy (non-hydrogen) atoms. The van der Waals surface area contributed by atoms with Crippen LogP contribution in [0.25, 0.3) is 56.0 Å². The summed E-state index contributed by atoms with van der Waals surface area (Å²) in [6, 6.07) is 46.5. The fraction of sp³-hybridized carbons (Fsp3) is 0.280. The van der Waals surface area contributed by atoms with Gasteiger partial charge in [0, 0.05) is 0 Å². The summed E-state index contributed by atoms with van der Waals surface area (Å²) in [6.45, 7) is 15.6. The third-order valence-corrected chi connectivity index (χ3v) is 65.0. The van der Waals surface area contributed by atoms with Crippen molar-refractivity contribution in [2.24, 2.45) is 0 Å². The van der Waals surface area contributed by atoms with E-state index in [2.05, 4.69) is 174 Å². The van der Waals surface area contributed by atoms with Gasteiger partial charge in [0.05, 0.1) is 0 Å². The van der Waals surface area contributed by atoms with Crippen molar-refractivity contribution >= 4 is 39.6 Å². The maximum absolute atomic E-state index is 4.01. The van der Waals surface area contributed by atoms with Gasteiger partial charge in [-0.3, -0.25) is 0 Å². The monoisotopic (exact) mass is 773 g/mol. The van der Waals surface area contributed by atoms with E-state index in [9.17, 15) is 0 Å². The summed E-state index contributed by atoms with van der Waals surface area (Å²) in [5.41, 5.74) is 15.2. The van der Waals surface area contributed by atoms with Crippen LogP contribution in [0.3, 0.4) is 0 Å². The fourth-order valence-electron chi connectivity index (χ4n) is 11.8. The van der Waals surface area contributed by atoms with Gasteiger partial charge in [0.2, 0.25) is 0 Å². The van der Waals surface area contributed by atoms with Crippen molar-refractivity contribution in [3.63, 3.8) is 0 Å². The first-order chi connectivity index (χ1) is 25.3. The summed E-state index contributed by atoms with van der Waals surface area (Å²) < 4.78 is 4.11. The van der Waals surface area contributed by atoms with E-state index in [-0.39, 0.29) is 0 Å². The predicted octanol–water partition coefficient (Wildman–Crippen LogP) is 15.1. The Labute approximate surface area is 314 Å². The van der Waals surface area contributed by atoms with Crippen LogP contribution < -0.4 is 0 Å². The van der Waals surface area contributed by atoms with Crippen molar-refractivity contribution in [1.29, 1.82) is 0 Å². The van der Waals surface area contributed by atoms with Gasteiger partial charge in [-0.25, -0.2) is 0 Å². The molecule has 6 aromatic rings. The van der Waals surface area contributed by atoms with E-state index in [0.29, 0.717) is 7.25 Å². The average Bonchev–Trinajstić information content (AvgIpc) is 3.71. The molecule has 2 heteroatoms. The summed E-state index contributed by atoms with van der Waals surface area (Å²) in [5, 5.41) is 5.36. The first kappa shape index (κ1) is 35.4. The molecule has 0 bridgehead atoms. The van der Waals surface area contributed by atoms with E-state index in [1.807, 2.05) is 0 Å². The maximum atomic E-state index is 2.82. The molecule has 0 heterocycles. The van der Waals surface area contributed by atoms with Crippen LogP contribution in [0.15, 0.2) is 132 Å². The van der Waals surface area contributed by atoms with Crippen molar-refractivity contribution < 1.29 is 17.9 Å². The minimum atomic E-state index is -4.01. The van der Waals surface area contributed by atoms with Crippen molar-refractivity contribution in [2.75, 3.05) is 0 Å². The van der Waals surface area contributed by atoms with Gasteiger partial charge in [0.1, 0.15) is 0 Å². The van der Waals surface area contributed by atoms with Gasteiger partial charge in [-0.2, -0.15) is 0 Å². The van der Waals surface area contributed by atoms with Crippen LogP contribution in [0, 0.1) is 0 Å². The topological polar surface area (TPSA) is 0 Å². The van der Waals surface area contributed by atoms with Crippen molar-refractivity contribution in [3.05, 3.63) is 155 Å².